The Bertz CT molecular complexity index is 1000. The van der Waals surface area contributed by atoms with Gasteiger partial charge in [-0.05, 0) is 61.1 Å². The molecule has 5 nitrogen and oxygen atoms in total. The van der Waals surface area contributed by atoms with E-state index in [4.69, 9.17) is 11.6 Å². The molecule has 7 heteroatoms. The summed E-state index contributed by atoms with van der Waals surface area (Å²) in [6, 6.07) is 13.5. The number of halogens is 2. The Kier molecular flexibility index (Phi) is 6.66. The molecule has 3 amide bonds. The molecule has 0 bridgehead atoms. The van der Waals surface area contributed by atoms with Gasteiger partial charge in [-0.15, -0.1) is 0 Å². The Morgan fingerprint density at radius 2 is 1.70 bits per heavy atom. The summed E-state index contributed by atoms with van der Waals surface area (Å²) in [5.74, 6) is 0.265. The molecule has 1 spiro atoms. The van der Waals surface area contributed by atoms with Crippen molar-refractivity contribution in [2.45, 2.75) is 45.7 Å². The van der Waals surface area contributed by atoms with Gasteiger partial charge in [-0.2, -0.15) is 0 Å². The van der Waals surface area contributed by atoms with E-state index in [1.807, 2.05) is 36.1 Å². The van der Waals surface area contributed by atoms with Crippen LogP contribution in [0.25, 0.3) is 0 Å². The second-order valence-corrected chi connectivity index (χ2v) is 10.1. The average Bonchev–Trinajstić information content (AvgIpc) is 2.80. The molecule has 1 N–H and O–H groups in total. The van der Waals surface area contributed by atoms with Crippen LogP contribution in [-0.4, -0.2) is 41.4 Å². The van der Waals surface area contributed by atoms with E-state index >= 15 is 0 Å². The van der Waals surface area contributed by atoms with Crippen LogP contribution >= 0.6 is 11.6 Å². The molecule has 2 aromatic rings. The summed E-state index contributed by atoms with van der Waals surface area (Å²) in [5, 5.41) is 3.67. The SMILES string of the molecule is CC(C)CN1C(=O)C2(CCN(C(=O)N[C@H](C)c3ccc(F)cc3)CC2)C1c1ccc(Cl)cc1. The first kappa shape index (κ1) is 23.6. The highest BCUT2D eigenvalue weighted by Crippen LogP contribution is 2.56. The first-order valence-corrected chi connectivity index (χ1v) is 12.0. The minimum absolute atomic E-state index is 0.00742. The van der Waals surface area contributed by atoms with E-state index in [1.54, 1.807) is 17.0 Å². The van der Waals surface area contributed by atoms with Crippen LogP contribution in [0.4, 0.5) is 9.18 Å². The fourth-order valence-electron chi connectivity index (χ4n) is 5.19. The molecule has 176 valence electrons. The second kappa shape index (κ2) is 9.34. The fourth-order valence-corrected chi connectivity index (χ4v) is 5.31. The summed E-state index contributed by atoms with van der Waals surface area (Å²) >= 11 is 6.10. The van der Waals surface area contributed by atoms with Crippen LogP contribution < -0.4 is 5.32 Å². The Balaban J connectivity index is 1.44. The quantitative estimate of drug-likeness (QED) is 0.579. The van der Waals surface area contributed by atoms with Crippen LogP contribution in [0.3, 0.4) is 0 Å². The largest absolute Gasteiger partial charge is 0.334 e. The molecule has 0 aromatic heterocycles. The fraction of sp³-hybridized carbons (Fsp3) is 0.462. The average molecular weight is 472 g/mol. The third-order valence-corrected chi connectivity index (χ3v) is 7.17. The zero-order valence-corrected chi connectivity index (χ0v) is 20.1. The predicted molar refractivity (Wildman–Crippen MR) is 127 cm³/mol. The first-order chi connectivity index (χ1) is 15.7. The highest BCUT2D eigenvalue weighted by Gasteiger charge is 2.61. The number of carbonyl (C=O) groups excluding carboxylic acids is 2. The maximum atomic E-state index is 13.3. The lowest BCUT2D eigenvalue weighted by atomic mass is 9.62. The Labute approximate surface area is 199 Å². The molecule has 1 unspecified atom stereocenters. The van der Waals surface area contributed by atoms with Crippen LogP contribution in [0, 0.1) is 17.2 Å². The minimum Gasteiger partial charge on any atom is -0.334 e. The number of benzene rings is 2. The number of hydrogen-bond acceptors (Lipinski definition) is 2. The van der Waals surface area contributed by atoms with Gasteiger partial charge < -0.3 is 15.1 Å². The number of nitrogens with one attached hydrogen (secondary N) is 1. The smallest absolute Gasteiger partial charge is 0.317 e. The van der Waals surface area contributed by atoms with Gasteiger partial charge in [0, 0.05) is 24.7 Å². The number of likely N-dealkylation sites (tertiary alicyclic amines) is 2. The van der Waals surface area contributed by atoms with Crippen molar-refractivity contribution in [1.82, 2.24) is 15.1 Å². The summed E-state index contributed by atoms with van der Waals surface area (Å²) in [4.78, 5) is 30.0. The summed E-state index contributed by atoms with van der Waals surface area (Å²) in [7, 11) is 0. The minimum atomic E-state index is -0.470. The number of hydrogen-bond donors (Lipinski definition) is 1. The van der Waals surface area contributed by atoms with Crippen LogP contribution in [0.15, 0.2) is 48.5 Å². The van der Waals surface area contributed by atoms with Crippen molar-refractivity contribution < 1.29 is 14.0 Å². The van der Waals surface area contributed by atoms with Gasteiger partial charge in [0.25, 0.3) is 0 Å². The molecule has 0 aliphatic carbocycles. The predicted octanol–water partition coefficient (Wildman–Crippen LogP) is 5.57. The lowest BCUT2D eigenvalue weighted by molar-refractivity contribution is -0.180. The van der Waals surface area contributed by atoms with E-state index in [-0.39, 0.29) is 29.8 Å². The highest BCUT2D eigenvalue weighted by molar-refractivity contribution is 6.30. The molecular formula is C26H31ClFN3O2. The van der Waals surface area contributed by atoms with Gasteiger partial charge in [-0.1, -0.05) is 49.7 Å². The van der Waals surface area contributed by atoms with Gasteiger partial charge in [0.05, 0.1) is 17.5 Å². The van der Waals surface area contributed by atoms with Crippen LogP contribution in [-0.2, 0) is 4.79 Å². The summed E-state index contributed by atoms with van der Waals surface area (Å²) in [5.41, 5.74) is 1.48. The second-order valence-electron chi connectivity index (χ2n) is 9.67. The topological polar surface area (TPSA) is 52.7 Å². The van der Waals surface area contributed by atoms with Crippen molar-refractivity contribution in [1.29, 1.82) is 0 Å². The number of urea groups is 1. The van der Waals surface area contributed by atoms with Crippen LogP contribution in [0.1, 0.15) is 56.8 Å². The lowest BCUT2D eigenvalue weighted by Gasteiger charge is -2.59. The third-order valence-electron chi connectivity index (χ3n) is 6.92. The van der Waals surface area contributed by atoms with Gasteiger partial charge in [0.1, 0.15) is 5.82 Å². The molecule has 0 radical (unpaired) electrons. The van der Waals surface area contributed by atoms with Crippen molar-refractivity contribution in [3.8, 4) is 0 Å². The molecule has 2 aromatic carbocycles. The summed E-state index contributed by atoms with van der Waals surface area (Å²) in [6.07, 6.45) is 1.26. The van der Waals surface area contributed by atoms with Crippen molar-refractivity contribution in [3.63, 3.8) is 0 Å². The number of rotatable bonds is 5. The van der Waals surface area contributed by atoms with Gasteiger partial charge in [-0.3, -0.25) is 4.79 Å². The van der Waals surface area contributed by atoms with Gasteiger partial charge >= 0.3 is 6.03 Å². The van der Waals surface area contributed by atoms with Crippen molar-refractivity contribution in [2.75, 3.05) is 19.6 Å². The van der Waals surface area contributed by atoms with E-state index < -0.39 is 5.41 Å². The third kappa shape index (κ3) is 4.58. The molecule has 2 atom stereocenters. The molecular weight excluding hydrogens is 441 g/mol. The number of piperidine rings is 1. The van der Waals surface area contributed by atoms with Gasteiger partial charge in [-0.25, -0.2) is 9.18 Å². The monoisotopic (exact) mass is 471 g/mol. The van der Waals surface area contributed by atoms with E-state index in [1.165, 1.54) is 12.1 Å². The first-order valence-electron chi connectivity index (χ1n) is 11.6. The van der Waals surface area contributed by atoms with E-state index in [0.29, 0.717) is 43.4 Å². The number of carbonyl (C=O) groups is 2. The van der Waals surface area contributed by atoms with Crippen molar-refractivity contribution >= 4 is 23.5 Å². The normalized spacial score (nSPS) is 20.7. The van der Waals surface area contributed by atoms with Gasteiger partial charge in [0.15, 0.2) is 0 Å². The molecule has 2 fully saturated rings. The van der Waals surface area contributed by atoms with Crippen LogP contribution in [0.5, 0.6) is 0 Å². The number of nitrogens with zero attached hydrogens (tertiary/aromatic N) is 2. The zero-order chi connectivity index (χ0) is 23.8. The molecule has 2 heterocycles. The van der Waals surface area contributed by atoms with Crippen molar-refractivity contribution in [3.05, 3.63) is 70.5 Å². The molecule has 0 saturated carbocycles. The van der Waals surface area contributed by atoms with E-state index in [0.717, 1.165) is 11.1 Å². The summed E-state index contributed by atoms with van der Waals surface area (Å²) < 4.78 is 13.2. The standard InChI is InChI=1S/C26H31ClFN3O2/c1-17(2)16-31-23(20-4-8-21(27)9-5-20)26(24(31)32)12-14-30(15-13-26)25(33)29-18(3)19-6-10-22(28)11-7-19/h4-11,17-18,23H,12-16H2,1-3H3,(H,29,33)/t18-,23?/m1/s1. The Morgan fingerprint density at radius 3 is 2.27 bits per heavy atom. The summed E-state index contributed by atoms with van der Waals surface area (Å²) in [6.45, 7) is 7.87. The maximum Gasteiger partial charge on any atom is 0.317 e. The zero-order valence-electron chi connectivity index (χ0n) is 19.4. The van der Waals surface area contributed by atoms with E-state index in [2.05, 4.69) is 19.2 Å². The van der Waals surface area contributed by atoms with Crippen molar-refractivity contribution in [2.24, 2.45) is 11.3 Å². The number of β-lactam (4-membered cyclic amide) rings is 1. The molecule has 33 heavy (non-hydrogen) atoms. The van der Waals surface area contributed by atoms with Gasteiger partial charge in [0.2, 0.25) is 5.91 Å². The Morgan fingerprint density at radius 1 is 1.09 bits per heavy atom. The Hall–Kier alpha value is -2.60. The molecule has 4 rings (SSSR count). The lowest BCUT2D eigenvalue weighted by Crippen LogP contribution is -2.67. The highest BCUT2D eigenvalue weighted by atomic mass is 35.5. The maximum absolute atomic E-state index is 13.3. The number of amides is 3. The molecule has 2 aliphatic heterocycles. The molecule has 2 saturated heterocycles. The van der Waals surface area contributed by atoms with Crippen LogP contribution in [0.2, 0.25) is 5.02 Å². The molecule has 2 aliphatic rings. The van der Waals surface area contributed by atoms with E-state index in [9.17, 15) is 14.0 Å².